The van der Waals surface area contributed by atoms with Crippen LogP contribution in [0.5, 0.6) is 5.75 Å². The van der Waals surface area contributed by atoms with Crippen LogP contribution < -0.4 is 10.5 Å². The van der Waals surface area contributed by atoms with Gasteiger partial charge in [-0.05, 0) is 48.7 Å². The van der Waals surface area contributed by atoms with Gasteiger partial charge in [-0.2, -0.15) is 0 Å². The van der Waals surface area contributed by atoms with Crippen LogP contribution in [0, 0.1) is 0 Å². The standard InChI is InChI=1S/C27H30ClN3O3/c28-23-6-8-24(9-7-23)31-14-12-29(13-15-31)17-22-19-34-27(33)25(26(22)32)18-30-11-10-21(16-30)20-4-2-1-3-5-20/h1-9,19,21,32H,10-18H2/t21-/m1/s1. The Morgan fingerprint density at radius 3 is 2.38 bits per heavy atom. The topological polar surface area (TPSA) is 60.2 Å². The zero-order chi connectivity index (χ0) is 23.5. The average molecular weight is 480 g/mol. The van der Waals surface area contributed by atoms with Gasteiger partial charge in [0, 0.05) is 62.1 Å². The third kappa shape index (κ3) is 5.14. The van der Waals surface area contributed by atoms with E-state index in [0.717, 1.165) is 50.7 Å². The molecule has 3 heterocycles. The summed E-state index contributed by atoms with van der Waals surface area (Å²) in [5, 5.41) is 11.7. The SMILES string of the molecule is O=c1occ(CN2CCN(c3ccc(Cl)cc3)CC2)c(O)c1CN1CC[C@@H](c2ccccc2)C1. The molecule has 2 aliphatic rings. The number of hydrogen-bond donors (Lipinski definition) is 1. The van der Waals surface area contributed by atoms with Crippen LogP contribution in [0.1, 0.15) is 29.0 Å². The van der Waals surface area contributed by atoms with Crippen LogP contribution in [-0.4, -0.2) is 54.2 Å². The molecule has 2 fully saturated rings. The Labute approximate surface area is 205 Å². The summed E-state index contributed by atoms with van der Waals surface area (Å²) in [7, 11) is 0. The van der Waals surface area contributed by atoms with E-state index in [-0.39, 0.29) is 5.75 Å². The van der Waals surface area contributed by atoms with Crippen LogP contribution in [0.3, 0.4) is 0 Å². The Morgan fingerprint density at radius 1 is 0.912 bits per heavy atom. The van der Waals surface area contributed by atoms with E-state index in [1.54, 1.807) is 0 Å². The number of aromatic hydroxyl groups is 1. The van der Waals surface area contributed by atoms with Crippen LogP contribution in [-0.2, 0) is 13.1 Å². The molecule has 2 aliphatic heterocycles. The molecule has 0 radical (unpaired) electrons. The molecule has 2 saturated heterocycles. The number of piperazine rings is 1. The highest BCUT2D eigenvalue weighted by Gasteiger charge is 2.27. The van der Waals surface area contributed by atoms with Gasteiger partial charge in [0.25, 0.3) is 0 Å². The van der Waals surface area contributed by atoms with Gasteiger partial charge in [0.1, 0.15) is 12.0 Å². The Morgan fingerprint density at radius 2 is 1.65 bits per heavy atom. The molecule has 1 atom stereocenters. The summed E-state index contributed by atoms with van der Waals surface area (Å²) < 4.78 is 5.34. The highest BCUT2D eigenvalue weighted by molar-refractivity contribution is 6.30. The molecule has 1 aromatic heterocycles. The van der Waals surface area contributed by atoms with E-state index >= 15 is 0 Å². The monoisotopic (exact) mass is 479 g/mol. The predicted octanol–water partition coefficient (Wildman–Crippen LogP) is 4.31. The van der Waals surface area contributed by atoms with E-state index < -0.39 is 5.63 Å². The Kier molecular flexibility index (Phi) is 6.90. The normalized spacial score (nSPS) is 19.6. The number of benzene rings is 2. The smallest absolute Gasteiger partial charge is 0.343 e. The van der Waals surface area contributed by atoms with Crippen LogP contribution in [0.25, 0.3) is 0 Å². The van der Waals surface area contributed by atoms with Crippen molar-refractivity contribution in [1.29, 1.82) is 0 Å². The molecule has 0 saturated carbocycles. The first kappa shape index (κ1) is 23.0. The van der Waals surface area contributed by atoms with Gasteiger partial charge in [0.05, 0.1) is 5.56 Å². The van der Waals surface area contributed by atoms with Crippen LogP contribution in [0.4, 0.5) is 5.69 Å². The first-order valence-electron chi connectivity index (χ1n) is 11.9. The molecule has 7 heteroatoms. The first-order chi connectivity index (χ1) is 16.6. The zero-order valence-corrected chi connectivity index (χ0v) is 20.0. The Hall–Kier alpha value is -2.80. The molecule has 0 unspecified atom stereocenters. The number of rotatable bonds is 6. The number of hydrogen-bond acceptors (Lipinski definition) is 6. The molecular weight excluding hydrogens is 450 g/mol. The molecule has 0 amide bonds. The van der Waals surface area contributed by atoms with Crippen molar-refractivity contribution in [2.75, 3.05) is 44.2 Å². The maximum absolute atomic E-state index is 12.5. The van der Waals surface area contributed by atoms with Crippen LogP contribution in [0.2, 0.25) is 5.02 Å². The van der Waals surface area contributed by atoms with Crippen LogP contribution >= 0.6 is 11.6 Å². The quantitative estimate of drug-likeness (QED) is 0.568. The van der Waals surface area contributed by atoms with Gasteiger partial charge in [0.15, 0.2) is 0 Å². The van der Waals surface area contributed by atoms with Crippen molar-refractivity contribution in [2.45, 2.75) is 25.4 Å². The van der Waals surface area contributed by atoms with Crippen molar-refractivity contribution >= 4 is 17.3 Å². The fourth-order valence-electron chi connectivity index (χ4n) is 5.05. The minimum atomic E-state index is -0.447. The van der Waals surface area contributed by atoms with Crippen molar-refractivity contribution < 1.29 is 9.52 Å². The van der Waals surface area contributed by atoms with Gasteiger partial charge in [-0.3, -0.25) is 9.80 Å². The summed E-state index contributed by atoms with van der Waals surface area (Å²) in [6.07, 6.45) is 2.47. The molecule has 34 heavy (non-hydrogen) atoms. The lowest BCUT2D eigenvalue weighted by atomic mass is 9.99. The lowest BCUT2D eigenvalue weighted by molar-refractivity contribution is 0.241. The average Bonchev–Trinajstić information content (AvgIpc) is 3.34. The minimum absolute atomic E-state index is 0.0829. The second kappa shape index (κ2) is 10.2. The third-order valence-electron chi connectivity index (χ3n) is 7.03. The minimum Gasteiger partial charge on any atom is -0.507 e. The zero-order valence-electron chi connectivity index (χ0n) is 19.2. The van der Waals surface area contributed by atoms with Crippen molar-refractivity contribution in [3.05, 3.63) is 93.0 Å². The summed E-state index contributed by atoms with van der Waals surface area (Å²) >= 11 is 6.01. The van der Waals surface area contributed by atoms with E-state index in [9.17, 15) is 9.90 Å². The number of nitrogens with zero attached hydrogens (tertiary/aromatic N) is 3. The van der Waals surface area contributed by atoms with E-state index in [4.69, 9.17) is 16.0 Å². The lowest BCUT2D eigenvalue weighted by Gasteiger charge is -2.36. The molecule has 0 aliphatic carbocycles. The molecule has 178 valence electrons. The molecule has 1 N–H and O–H groups in total. The molecule has 0 spiro atoms. The summed E-state index contributed by atoms with van der Waals surface area (Å²) in [6, 6.07) is 18.4. The molecule has 2 aromatic carbocycles. The van der Waals surface area contributed by atoms with Gasteiger partial charge in [-0.25, -0.2) is 4.79 Å². The molecule has 6 nitrogen and oxygen atoms in total. The second-order valence-corrected chi connectivity index (χ2v) is 9.68. The van der Waals surface area contributed by atoms with Crippen molar-refractivity contribution in [1.82, 2.24) is 9.80 Å². The van der Waals surface area contributed by atoms with E-state index in [0.29, 0.717) is 30.1 Å². The van der Waals surface area contributed by atoms with E-state index in [1.807, 2.05) is 30.3 Å². The lowest BCUT2D eigenvalue weighted by Crippen LogP contribution is -2.46. The van der Waals surface area contributed by atoms with Gasteiger partial charge in [-0.1, -0.05) is 41.9 Å². The molecule has 3 aromatic rings. The first-order valence-corrected chi connectivity index (χ1v) is 12.3. The van der Waals surface area contributed by atoms with E-state index in [1.165, 1.54) is 17.5 Å². The fraction of sp³-hybridized carbons (Fsp3) is 0.370. The summed E-state index contributed by atoms with van der Waals surface area (Å²) in [4.78, 5) is 19.3. The van der Waals surface area contributed by atoms with Gasteiger partial charge < -0.3 is 14.4 Å². The maximum Gasteiger partial charge on any atom is 0.343 e. The van der Waals surface area contributed by atoms with E-state index in [2.05, 4.69) is 39.0 Å². The maximum atomic E-state index is 12.5. The molecule has 0 bridgehead atoms. The third-order valence-corrected chi connectivity index (χ3v) is 7.28. The van der Waals surface area contributed by atoms with Gasteiger partial charge in [0.2, 0.25) is 0 Å². The predicted molar refractivity (Wildman–Crippen MR) is 135 cm³/mol. The number of anilines is 1. The highest BCUT2D eigenvalue weighted by atomic mass is 35.5. The van der Waals surface area contributed by atoms with Crippen molar-refractivity contribution in [3.63, 3.8) is 0 Å². The van der Waals surface area contributed by atoms with Crippen molar-refractivity contribution in [2.24, 2.45) is 0 Å². The van der Waals surface area contributed by atoms with Gasteiger partial charge in [-0.15, -0.1) is 0 Å². The molecule has 5 rings (SSSR count). The van der Waals surface area contributed by atoms with Crippen molar-refractivity contribution in [3.8, 4) is 5.75 Å². The molecular formula is C27H30ClN3O3. The summed E-state index contributed by atoms with van der Waals surface area (Å²) in [5.41, 5.74) is 3.09. The van der Waals surface area contributed by atoms with Crippen LogP contribution in [0.15, 0.2) is 70.1 Å². The summed E-state index contributed by atoms with van der Waals surface area (Å²) in [5.74, 6) is 0.537. The summed E-state index contributed by atoms with van der Waals surface area (Å²) in [6.45, 7) is 6.25. The fourth-order valence-corrected chi connectivity index (χ4v) is 5.17. The number of likely N-dealkylation sites (tertiary alicyclic amines) is 1. The highest BCUT2D eigenvalue weighted by Crippen LogP contribution is 2.30. The second-order valence-electron chi connectivity index (χ2n) is 9.25. The number of halogens is 1. The van der Waals surface area contributed by atoms with Gasteiger partial charge >= 0.3 is 5.63 Å². The Balaban J connectivity index is 1.21. The largest absolute Gasteiger partial charge is 0.507 e. The Bertz CT molecular complexity index is 1160.